The molecule has 1 amide bonds. The maximum Gasteiger partial charge on any atom is 0.225 e. The van der Waals surface area contributed by atoms with E-state index in [2.05, 4.69) is 0 Å². The van der Waals surface area contributed by atoms with Crippen LogP contribution in [0.1, 0.15) is 20.3 Å². The molecule has 0 radical (unpaired) electrons. The molecule has 0 spiro atoms. The molecule has 0 bridgehead atoms. The standard InChI is InChI=1S/C9H17NO2/c1-7(2)9(12)10-5-8(6-10)3-4-11/h7-8,11H,3-6H2,1-2H3. The van der Waals surface area contributed by atoms with Gasteiger partial charge in [-0.2, -0.15) is 0 Å². The molecule has 3 heteroatoms. The predicted molar refractivity (Wildman–Crippen MR) is 46.6 cm³/mol. The van der Waals surface area contributed by atoms with Crippen molar-refractivity contribution in [2.24, 2.45) is 11.8 Å². The van der Waals surface area contributed by atoms with Crippen molar-refractivity contribution >= 4 is 5.91 Å². The van der Waals surface area contributed by atoms with E-state index in [1.165, 1.54) is 0 Å². The Kier molecular flexibility index (Phi) is 3.09. The quantitative estimate of drug-likeness (QED) is 0.671. The fourth-order valence-electron chi connectivity index (χ4n) is 1.48. The van der Waals surface area contributed by atoms with Crippen molar-refractivity contribution in [1.29, 1.82) is 0 Å². The Labute approximate surface area is 73.4 Å². The van der Waals surface area contributed by atoms with Gasteiger partial charge in [-0.1, -0.05) is 13.8 Å². The molecule has 0 aromatic carbocycles. The Morgan fingerprint density at radius 2 is 2.17 bits per heavy atom. The van der Waals surface area contributed by atoms with Gasteiger partial charge in [0.25, 0.3) is 0 Å². The van der Waals surface area contributed by atoms with Crippen LogP contribution in [-0.2, 0) is 4.79 Å². The number of hydrogen-bond acceptors (Lipinski definition) is 2. The van der Waals surface area contributed by atoms with E-state index in [1.54, 1.807) is 0 Å². The normalized spacial score (nSPS) is 18.2. The SMILES string of the molecule is CC(C)C(=O)N1CC(CCO)C1. The molecule has 0 unspecified atom stereocenters. The monoisotopic (exact) mass is 171 g/mol. The molecule has 3 nitrogen and oxygen atoms in total. The second kappa shape index (κ2) is 3.90. The van der Waals surface area contributed by atoms with Crippen molar-refractivity contribution in [1.82, 2.24) is 4.90 Å². The molecular formula is C9H17NO2. The molecular weight excluding hydrogens is 154 g/mol. The lowest BCUT2D eigenvalue weighted by Crippen LogP contribution is -2.51. The second-order valence-electron chi connectivity index (χ2n) is 3.78. The zero-order valence-electron chi connectivity index (χ0n) is 7.79. The maximum atomic E-state index is 11.3. The summed E-state index contributed by atoms with van der Waals surface area (Å²) in [5.41, 5.74) is 0. The van der Waals surface area contributed by atoms with Crippen LogP contribution in [0.5, 0.6) is 0 Å². The van der Waals surface area contributed by atoms with Crippen molar-refractivity contribution in [3.05, 3.63) is 0 Å². The van der Waals surface area contributed by atoms with Gasteiger partial charge in [-0.05, 0) is 12.3 Å². The van der Waals surface area contributed by atoms with Gasteiger partial charge in [0.1, 0.15) is 0 Å². The van der Waals surface area contributed by atoms with Crippen molar-refractivity contribution in [2.45, 2.75) is 20.3 Å². The first-order valence-corrected chi connectivity index (χ1v) is 4.54. The van der Waals surface area contributed by atoms with E-state index in [1.807, 2.05) is 18.7 Å². The fraction of sp³-hybridized carbons (Fsp3) is 0.889. The number of nitrogens with zero attached hydrogens (tertiary/aromatic N) is 1. The summed E-state index contributed by atoms with van der Waals surface area (Å²) in [5.74, 6) is 0.891. The Bertz CT molecular complexity index is 162. The fourth-order valence-corrected chi connectivity index (χ4v) is 1.48. The third-order valence-corrected chi connectivity index (χ3v) is 2.30. The van der Waals surface area contributed by atoms with Gasteiger partial charge in [-0.15, -0.1) is 0 Å². The molecule has 1 aliphatic heterocycles. The van der Waals surface area contributed by atoms with Gasteiger partial charge in [0.2, 0.25) is 5.91 Å². The lowest BCUT2D eigenvalue weighted by molar-refractivity contribution is -0.141. The van der Waals surface area contributed by atoms with Gasteiger partial charge in [-0.25, -0.2) is 0 Å². The van der Waals surface area contributed by atoms with Crippen molar-refractivity contribution in [2.75, 3.05) is 19.7 Å². The summed E-state index contributed by atoms with van der Waals surface area (Å²) >= 11 is 0. The smallest absolute Gasteiger partial charge is 0.225 e. The van der Waals surface area contributed by atoms with E-state index >= 15 is 0 Å². The van der Waals surface area contributed by atoms with Crippen molar-refractivity contribution < 1.29 is 9.90 Å². The third kappa shape index (κ3) is 1.97. The van der Waals surface area contributed by atoms with E-state index in [-0.39, 0.29) is 18.4 Å². The van der Waals surface area contributed by atoms with Crippen LogP contribution in [0.3, 0.4) is 0 Å². The van der Waals surface area contributed by atoms with E-state index in [9.17, 15) is 4.79 Å². The van der Waals surface area contributed by atoms with Gasteiger partial charge in [0.05, 0.1) is 0 Å². The number of amides is 1. The molecule has 1 fully saturated rings. The topological polar surface area (TPSA) is 40.5 Å². The number of carbonyl (C=O) groups excluding carboxylic acids is 1. The molecule has 70 valence electrons. The van der Waals surface area contributed by atoms with Crippen LogP contribution >= 0.6 is 0 Å². The van der Waals surface area contributed by atoms with Gasteiger partial charge in [0.15, 0.2) is 0 Å². The Morgan fingerprint density at radius 1 is 1.58 bits per heavy atom. The highest BCUT2D eigenvalue weighted by atomic mass is 16.3. The lowest BCUT2D eigenvalue weighted by atomic mass is 9.95. The van der Waals surface area contributed by atoms with Crippen LogP contribution in [0, 0.1) is 11.8 Å². The van der Waals surface area contributed by atoms with Crippen LogP contribution in [0.4, 0.5) is 0 Å². The van der Waals surface area contributed by atoms with Crippen LogP contribution in [0.25, 0.3) is 0 Å². The van der Waals surface area contributed by atoms with Crippen LogP contribution in [-0.4, -0.2) is 35.6 Å². The van der Waals surface area contributed by atoms with Crippen LogP contribution < -0.4 is 0 Å². The van der Waals surface area contributed by atoms with Crippen molar-refractivity contribution in [3.63, 3.8) is 0 Å². The minimum absolute atomic E-state index is 0.111. The summed E-state index contributed by atoms with van der Waals surface area (Å²) in [5, 5.41) is 8.63. The first-order valence-electron chi connectivity index (χ1n) is 4.54. The van der Waals surface area contributed by atoms with Crippen molar-refractivity contribution in [3.8, 4) is 0 Å². The van der Waals surface area contributed by atoms with Gasteiger partial charge in [0, 0.05) is 25.6 Å². The Balaban J connectivity index is 2.20. The number of carbonyl (C=O) groups is 1. The minimum Gasteiger partial charge on any atom is -0.396 e. The highest BCUT2D eigenvalue weighted by Gasteiger charge is 2.30. The first-order chi connectivity index (χ1) is 5.65. The highest BCUT2D eigenvalue weighted by molar-refractivity contribution is 5.78. The molecule has 0 aromatic heterocycles. The summed E-state index contributed by atoms with van der Waals surface area (Å²) in [6.07, 6.45) is 0.835. The summed E-state index contributed by atoms with van der Waals surface area (Å²) in [6, 6.07) is 0. The molecule has 0 saturated carbocycles. The second-order valence-corrected chi connectivity index (χ2v) is 3.78. The maximum absolute atomic E-state index is 11.3. The summed E-state index contributed by atoms with van der Waals surface area (Å²) < 4.78 is 0. The van der Waals surface area contributed by atoms with Gasteiger partial charge in [-0.3, -0.25) is 4.79 Å². The molecule has 1 aliphatic rings. The molecule has 1 saturated heterocycles. The summed E-state index contributed by atoms with van der Waals surface area (Å²) in [7, 11) is 0. The average Bonchev–Trinajstić information content (AvgIpc) is 1.94. The Hall–Kier alpha value is -0.570. The van der Waals surface area contributed by atoms with E-state index in [0.717, 1.165) is 19.5 Å². The third-order valence-electron chi connectivity index (χ3n) is 2.30. The number of aliphatic hydroxyl groups excluding tert-OH is 1. The molecule has 12 heavy (non-hydrogen) atoms. The molecule has 1 heterocycles. The predicted octanol–water partition coefficient (Wildman–Crippen LogP) is 0.483. The zero-order chi connectivity index (χ0) is 9.14. The number of aliphatic hydroxyl groups is 1. The minimum atomic E-state index is 0.111. The highest BCUT2D eigenvalue weighted by Crippen LogP contribution is 2.20. The number of likely N-dealkylation sites (tertiary alicyclic amines) is 1. The van der Waals surface area contributed by atoms with E-state index < -0.39 is 0 Å². The van der Waals surface area contributed by atoms with Crippen LogP contribution in [0.15, 0.2) is 0 Å². The van der Waals surface area contributed by atoms with Gasteiger partial charge >= 0.3 is 0 Å². The number of rotatable bonds is 3. The largest absolute Gasteiger partial charge is 0.396 e. The van der Waals surface area contributed by atoms with E-state index in [0.29, 0.717) is 5.92 Å². The average molecular weight is 171 g/mol. The Morgan fingerprint density at radius 3 is 2.58 bits per heavy atom. The number of hydrogen-bond donors (Lipinski definition) is 1. The van der Waals surface area contributed by atoms with Gasteiger partial charge < -0.3 is 10.0 Å². The summed E-state index contributed by atoms with van der Waals surface area (Å²) in [6.45, 7) is 5.77. The summed E-state index contributed by atoms with van der Waals surface area (Å²) in [4.78, 5) is 13.2. The molecule has 0 atom stereocenters. The van der Waals surface area contributed by atoms with Crippen LogP contribution in [0.2, 0.25) is 0 Å². The molecule has 1 rings (SSSR count). The molecule has 1 N–H and O–H groups in total. The molecule has 0 aliphatic carbocycles. The molecule has 0 aromatic rings. The lowest BCUT2D eigenvalue weighted by Gasteiger charge is -2.40. The zero-order valence-corrected chi connectivity index (χ0v) is 7.79. The van der Waals surface area contributed by atoms with E-state index in [4.69, 9.17) is 5.11 Å². The first kappa shape index (κ1) is 9.52.